The Morgan fingerprint density at radius 2 is 1.88 bits per heavy atom. The Morgan fingerprint density at radius 1 is 1.18 bits per heavy atom. The average Bonchev–Trinajstić information content (AvgIpc) is 3.23. The van der Waals surface area contributed by atoms with E-state index in [4.69, 9.17) is 9.47 Å². The van der Waals surface area contributed by atoms with Crippen molar-refractivity contribution in [3.8, 4) is 34.6 Å². The molecule has 0 saturated carbocycles. The summed E-state index contributed by atoms with van der Waals surface area (Å²) in [6.07, 6.45) is 1.45. The van der Waals surface area contributed by atoms with Gasteiger partial charge < -0.3 is 14.8 Å². The highest BCUT2D eigenvalue weighted by molar-refractivity contribution is 6.06. The van der Waals surface area contributed by atoms with Crippen molar-refractivity contribution in [2.75, 3.05) is 19.5 Å². The van der Waals surface area contributed by atoms with Crippen molar-refractivity contribution >= 4 is 11.6 Å². The monoisotopic (exact) mass is 451 g/mol. The van der Waals surface area contributed by atoms with Crippen molar-refractivity contribution in [2.45, 2.75) is 32.1 Å². The molecule has 4 rings (SSSR count). The first-order chi connectivity index (χ1) is 16.0. The Morgan fingerprint density at radius 3 is 2.55 bits per heavy atom. The molecule has 1 aromatic heterocycles. The molecule has 1 atom stereocenters. The van der Waals surface area contributed by atoms with Gasteiger partial charge in [0.05, 0.1) is 25.6 Å². The van der Waals surface area contributed by atoms with Crippen molar-refractivity contribution in [2.24, 2.45) is 0 Å². The second kappa shape index (κ2) is 9.33. The van der Waals surface area contributed by atoms with E-state index in [1.807, 2.05) is 18.2 Å². The van der Waals surface area contributed by atoms with E-state index in [1.54, 1.807) is 13.0 Å². The minimum atomic E-state index is -0.714. The summed E-state index contributed by atoms with van der Waals surface area (Å²) in [4.78, 5) is 12.0. The zero-order valence-electron chi connectivity index (χ0n) is 18.5. The molecular weight excluding hydrogens is 428 g/mol. The van der Waals surface area contributed by atoms with Gasteiger partial charge in [0.15, 0.2) is 23.1 Å². The van der Waals surface area contributed by atoms with E-state index in [0.717, 1.165) is 16.8 Å². The van der Waals surface area contributed by atoms with Crippen LogP contribution in [-0.4, -0.2) is 30.3 Å². The minimum Gasteiger partial charge on any atom is -0.494 e. The Hall–Kier alpha value is -3.86. The van der Waals surface area contributed by atoms with Gasteiger partial charge in [-0.15, -0.1) is 0 Å². The number of anilines is 1. The largest absolute Gasteiger partial charge is 0.494 e. The van der Waals surface area contributed by atoms with Gasteiger partial charge in [0.25, 0.3) is 5.91 Å². The number of rotatable bonds is 5. The molecule has 0 saturated heterocycles. The summed E-state index contributed by atoms with van der Waals surface area (Å²) in [6.45, 7) is 1.59. The molecule has 6 nitrogen and oxygen atoms in total. The van der Waals surface area contributed by atoms with Crippen LogP contribution in [0.3, 0.4) is 0 Å². The fraction of sp³-hybridized carbons (Fsp3) is 0.280. The number of benzene rings is 2. The van der Waals surface area contributed by atoms with Gasteiger partial charge in [0, 0.05) is 28.5 Å². The maximum absolute atomic E-state index is 15.0. The molecular formula is C25H23F2N3O3. The highest BCUT2D eigenvalue weighted by Crippen LogP contribution is 2.42. The van der Waals surface area contributed by atoms with Crippen LogP contribution in [-0.2, 0) is 17.6 Å². The number of nitrogens with one attached hydrogen (secondary N) is 2. The predicted molar refractivity (Wildman–Crippen MR) is 120 cm³/mol. The Bertz CT molecular complexity index is 1250. The molecule has 0 radical (unpaired) electrons. The Kier molecular flexibility index (Phi) is 6.31. The molecule has 0 fully saturated rings. The summed E-state index contributed by atoms with van der Waals surface area (Å²) in [5.74, 6) is 2.67. The van der Waals surface area contributed by atoms with Crippen LogP contribution in [0, 0.1) is 23.5 Å². The van der Waals surface area contributed by atoms with Crippen LogP contribution < -0.4 is 14.8 Å². The quantitative estimate of drug-likeness (QED) is 0.556. The minimum absolute atomic E-state index is 0.0428. The van der Waals surface area contributed by atoms with Crippen LogP contribution in [0.25, 0.3) is 11.3 Å². The van der Waals surface area contributed by atoms with E-state index in [1.165, 1.54) is 20.3 Å². The lowest BCUT2D eigenvalue weighted by Gasteiger charge is -2.25. The standard InChI is InChI=1S/C25H23F2N3O3/c1-4-7-21(31)28-17-9-6-5-8-15(17)25-16-11-10-14(12-18(16)29-30-25)22-23(26)19(32-2)13-20(33-3)24(22)27/h5-6,8-9,13-14H,10-12H2,1-3H3,(H,28,31)(H,29,30). The molecule has 1 amide bonds. The van der Waals surface area contributed by atoms with Gasteiger partial charge in [-0.3, -0.25) is 9.89 Å². The summed E-state index contributed by atoms with van der Waals surface area (Å²) in [7, 11) is 2.67. The third-order valence-corrected chi connectivity index (χ3v) is 5.83. The molecule has 3 aromatic rings. The Labute approximate surface area is 190 Å². The number of halogens is 2. The average molecular weight is 451 g/mol. The lowest BCUT2D eigenvalue weighted by Crippen LogP contribution is -2.16. The van der Waals surface area contributed by atoms with Gasteiger partial charge in [0.2, 0.25) is 0 Å². The lowest BCUT2D eigenvalue weighted by atomic mass is 9.81. The molecule has 170 valence electrons. The predicted octanol–water partition coefficient (Wildman–Crippen LogP) is 4.61. The fourth-order valence-corrected chi connectivity index (χ4v) is 4.30. The van der Waals surface area contributed by atoms with Crippen LogP contribution in [0.15, 0.2) is 30.3 Å². The number of carbonyl (C=O) groups excluding carboxylic acids is 1. The van der Waals surface area contributed by atoms with E-state index < -0.39 is 23.5 Å². The van der Waals surface area contributed by atoms with E-state index in [0.29, 0.717) is 30.6 Å². The maximum Gasteiger partial charge on any atom is 0.300 e. The van der Waals surface area contributed by atoms with Gasteiger partial charge in [-0.2, -0.15) is 5.10 Å². The highest BCUT2D eigenvalue weighted by atomic mass is 19.1. The van der Waals surface area contributed by atoms with Gasteiger partial charge in [-0.05, 0) is 44.1 Å². The number of aromatic nitrogens is 2. The van der Waals surface area contributed by atoms with Crippen LogP contribution in [0.2, 0.25) is 0 Å². The molecule has 0 bridgehead atoms. The summed E-state index contributed by atoms with van der Waals surface area (Å²) < 4.78 is 40.2. The molecule has 8 heteroatoms. The molecule has 2 N–H and O–H groups in total. The van der Waals surface area contributed by atoms with Gasteiger partial charge >= 0.3 is 0 Å². The van der Waals surface area contributed by atoms with Crippen molar-refractivity contribution in [3.63, 3.8) is 0 Å². The number of hydrogen-bond acceptors (Lipinski definition) is 4. The first-order valence-corrected chi connectivity index (χ1v) is 10.5. The number of aromatic amines is 1. The number of methoxy groups -OCH3 is 2. The maximum atomic E-state index is 15.0. The van der Waals surface area contributed by atoms with E-state index in [-0.39, 0.29) is 17.1 Å². The molecule has 1 aliphatic rings. The van der Waals surface area contributed by atoms with Crippen LogP contribution in [0.4, 0.5) is 14.5 Å². The summed E-state index contributed by atoms with van der Waals surface area (Å²) in [5, 5.41) is 10.3. The fourth-order valence-electron chi connectivity index (χ4n) is 4.30. The molecule has 1 unspecified atom stereocenters. The molecule has 1 heterocycles. The number of carbonyl (C=O) groups is 1. The zero-order chi connectivity index (χ0) is 23.5. The van der Waals surface area contributed by atoms with E-state index in [2.05, 4.69) is 27.4 Å². The summed E-state index contributed by atoms with van der Waals surface area (Å²) in [5.41, 5.74) is 3.77. The number of ether oxygens (including phenoxy) is 2. The molecule has 0 spiro atoms. The number of fused-ring (bicyclic) bond motifs is 1. The normalized spacial score (nSPS) is 14.6. The Balaban J connectivity index is 1.69. The molecule has 33 heavy (non-hydrogen) atoms. The SMILES string of the molecule is CC#CC(=O)Nc1ccccc1-c1n[nH]c2c1CCC(c1c(F)c(OC)cc(OC)c1F)C2. The molecule has 1 aliphatic carbocycles. The van der Waals surface area contributed by atoms with Gasteiger partial charge in [0.1, 0.15) is 0 Å². The summed E-state index contributed by atoms with van der Waals surface area (Å²) >= 11 is 0. The van der Waals surface area contributed by atoms with Crippen LogP contribution >= 0.6 is 0 Å². The van der Waals surface area contributed by atoms with E-state index >= 15 is 8.78 Å². The number of nitrogens with zero attached hydrogens (tertiary/aromatic N) is 1. The van der Waals surface area contributed by atoms with E-state index in [9.17, 15) is 4.79 Å². The van der Waals surface area contributed by atoms with Crippen LogP contribution in [0.1, 0.15) is 36.1 Å². The smallest absolute Gasteiger partial charge is 0.300 e. The highest BCUT2D eigenvalue weighted by Gasteiger charge is 2.32. The van der Waals surface area contributed by atoms with Crippen LogP contribution in [0.5, 0.6) is 11.5 Å². The van der Waals surface area contributed by atoms with Crippen molar-refractivity contribution < 1.29 is 23.0 Å². The topological polar surface area (TPSA) is 76.2 Å². The number of H-pyrrole nitrogens is 1. The summed E-state index contributed by atoms with van der Waals surface area (Å²) in [6, 6.07) is 8.53. The third kappa shape index (κ3) is 4.14. The number of amides is 1. The number of hydrogen-bond donors (Lipinski definition) is 2. The van der Waals surface area contributed by atoms with Crippen molar-refractivity contribution in [1.29, 1.82) is 0 Å². The second-order valence-corrected chi connectivity index (χ2v) is 7.67. The molecule has 2 aromatic carbocycles. The molecule has 0 aliphatic heterocycles. The third-order valence-electron chi connectivity index (χ3n) is 5.83. The zero-order valence-corrected chi connectivity index (χ0v) is 18.5. The lowest BCUT2D eigenvalue weighted by molar-refractivity contribution is -0.111. The van der Waals surface area contributed by atoms with Gasteiger partial charge in [-0.1, -0.05) is 24.1 Å². The first-order valence-electron chi connectivity index (χ1n) is 10.5. The first kappa shape index (κ1) is 22.3. The van der Waals surface area contributed by atoms with Gasteiger partial charge in [-0.25, -0.2) is 8.78 Å². The van der Waals surface area contributed by atoms with Crippen molar-refractivity contribution in [1.82, 2.24) is 10.2 Å². The second-order valence-electron chi connectivity index (χ2n) is 7.67. The number of para-hydroxylation sites is 1. The van der Waals surface area contributed by atoms with Crippen molar-refractivity contribution in [3.05, 3.63) is 58.8 Å².